The van der Waals surface area contributed by atoms with Gasteiger partial charge in [-0.2, -0.15) is 4.31 Å². The zero-order valence-corrected chi connectivity index (χ0v) is 15.0. The first-order valence-corrected chi connectivity index (χ1v) is 9.51. The Hall–Kier alpha value is -1.35. The van der Waals surface area contributed by atoms with Gasteiger partial charge in [0, 0.05) is 19.7 Å². The summed E-state index contributed by atoms with van der Waals surface area (Å²) in [5, 5.41) is 0. The summed E-state index contributed by atoms with van der Waals surface area (Å²) in [7, 11) is -0.789. The Morgan fingerprint density at radius 3 is 2.25 bits per heavy atom. The molecule has 0 atom stereocenters. The van der Waals surface area contributed by atoms with E-state index in [-0.39, 0.29) is 22.5 Å². The first-order chi connectivity index (χ1) is 11.5. The third-order valence-corrected chi connectivity index (χ3v) is 6.05. The molecule has 24 heavy (non-hydrogen) atoms. The number of hydrogen-bond donors (Lipinski definition) is 1. The van der Waals surface area contributed by atoms with Crippen molar-refractivity contribution in [2.75, 3.05) is 40.5 Å². The Labute approximate surface area is 143 Å². The number of methoxy groups -OCH3 is 2. The second-order valence-corrected chi connectivity index (χ2v) is 7.48. The number of sulfonamides is 1. The molecule has 1 aromatic rings. The van der Waals surface area contributed by atoms with E-state index >= 15 is 0 Å². The summed E-state index contributed by atoms with van der Waals surface area (Å²) in [6, 6.07) is 4.95. The second-order valence-electron chi connectivity index (χ2n) is 5.61. The van der Waals surface area contributed by atoms with Crippen LogP contribution in [0.5, 0.6) is 11.5 Å². The largest absolute Gasteiger partial charge is 0.495 e. The Morgan fingerprint density at radius 2 is 1.75 bits per heavy atom. The van der Waals surface area contributed by atoms with Crippen LogP contribution >= 0.6 is 0 Å². The number of rotatable bonds is 8. The maximum atomic E-state index is 13.0. The monoisotopic (exact) mass is 358 g/mol. The fraction of sp³-hybridized carbons (Fsp3) is 0.625. The molecular formula is C16H26N2O5S. The molecule has 0 unspecified atom stereocenters. The molecule has 2 rings (SSSR count). The van der Waals surface area contributed by atoms with Gasteiger partial charge in [0.2, 0.25) is 10.0 Å². The van der Waals surface area contributed by atoms with E-state index in [1.165, 1.54) is 18.5 Å². The van der Waals surface area contributed by atoms with Gasteiger partial charge in [0.05, 0.1) is 20.3 Å². The first-order valence-electron chi connectivity index (χ1n) is 8.07. The summed E-state index contributed by atoms with van der Waals surface area (Å²) in [4.78, 5) is 0.0810. The van der Waals surface area contributed by atoms with E-state index in [1.807, 2.05) is 0 Å². The molecule has 1 heterocycles. The van der Waals surface area contributed by atoms with Crippen molar-refractivity contribution in [2.24, 2.45) is 5.73 Å². The summed E-state index contributed by atoms with van der Waals surface area (Å²) < 4.78 is 43.7. The van der Waals surface area contributed by atoms with Crippen molar-refractivity contribution < 1.29 is 22.6 Å². The van der Waals surface area contributed by atoms with Gasteiger partial charge in [0.1, 0.15) is 11.5 Å². The minimum Gasteiger partial charge on any atom is -0.495 e. The van der Waals surface area contributed by atoms with Crippen LogP contribution in [-0.4, -0.2) is 59.3 Å². The lowest BCUT2D eigenvalue weighted by Gasteiger charge is -2.31. The van der Waals surface area contributed by atoms with Gasteiger partial charge in [-0.1, -0.05) is 6.07 Å². The molecule has 0 aromatic heterocycles. The zero-order valence-electron chi connectivity index (χ0n) is 14.2. The molecule has 1 aliphatic heterocycles. The molecule has 1 aliphatic rings. The van der Waals surface area contributed by atoms with E-state index in [9.17, 15) is 8.42 Å². The molecule has 2 N–H and O–H groups in total. The predicted octanol–water partition coefficient (Wildman–Crippen LogP) is 1.22. The van der Waals surface area contributed by atoms with Crippen LogP contribution in [0.4, 0.5) is 0 Å². The standard InChI is InChI=1S/C16H26N2O5S/c1-21-14-5-3-6-15(22-2)16(14)24(19,20)18-10-7-13(8-11-18)23-12-4-9-17/h3,5-6,13H,4,7-12,17H2,1-2H3. The molecule has 0 saturated carbocycles. The van der Waals surface area contributed by atoms with Crippen molar-refractivity contribution in [2.45, 2.75) is 30.3 Å². The molecular weight excluding hydrogens is 332 g/mol. The highest BCUT2D eigenvalue weighted by Crippen LogP contribution is 2.36. The average molecular weight is 358 g/mol. The molecule has 0 spiro atoms. The van der Waals surface area contributed by atoms with Crippen molar-refractivity contribution >= 4 is 10.0 Å². The number of nitrogens with zero attached hydrogens (tertiary/aromatic N) is 1. The number of hydrogen-bond acceptors (Lipinski definition) is 6. The van der Waals surface area contributed by atoms with Crippen LogP contribution in [0, 0.1) is 0 Å². The minimum atomic E-state index is -3.69. The minimum absolute atomic E-state index is 0.0810. The van der Waals surface area contributed by atoms with Gasteiger partial charge in [0.15, 0.2) is 4.90 Å². The van der Waals surface area contributed by atoms with Crippen LogP contribution in [0.15, 0.2) is 23.1 Å². The van der Waals surface area contributed by atoms with Crippen LogP contribution < -0.4 is 15.2 Å². The summed E-state index contributed by atoms with van der Waals surface area (Å²) in [6.07, 6.45) is 2.24. The van der Waals surface area contributed by atoms with Crippen LogP contribution in [0.1, 0.15) is 19.3 Å². The smallest absolute Gasteiger partial charge is 0.250 e. The number of piperidine rings is 1. The maximum Gasteiger partial charge on any atom is 0.250 e. The Morgan fingerprint density at radius 1 is 1.17 bits per heavy atom. The van der Waals surface area contributed by atoms with E-state index in [2.05, 4.69) is 0 Å². The van der Waals surface area contributed by atoms with Gasteiger partial charge in [0.25, 0.3) is 0 Å². The van der Waals surface area contributed by atoms with Gasteiger partial charge in [-0.3, -0.25) is 0 Å². The van der Waals surface area contributed by atoms with Crippen molar-refractivity contribution in [1.29, 1.82) is 0 Å². The molecule has 0 bridgehead atoms. The van der Waals surface area contributed by atoms with Gasteiger partial charge in [-0.05, 0) is 37.9 Å². The van der Waals surface area contributed by atoms with Crippen LogP contribution in [0.3, 0.4) is 0 Å². The van der Waals surface area contributed by atoms with Gasteiger partial charge in [-0.15, -0.1) is 0 Å². The Balaban J connectivity index is 2.13. The van der Waals surface area contributed by atoms with Crippen LogP contribution in [0.25, 0.3) is 0 Å². The second kappa shape index (κ2) is 8.66. The molecule has 0 aliphatic carbocycles. The van der Waals surface area contributed by atoms with E-state index in [0.717, 1.165) is 6.42 Å². The van der Waals surface area contributed by atoms with Gasteiger partial charge < -0.3 is 19.9 Å². The summed E-state index contributed by atoms with van der Waals surface area (Å²) in [5.41, 5.74) is 5.45. The third-order valence-electron chi connectivity index (χ3n) is 4.08. The molecule has 1 saturated heterocycles. The number of nitrogens with two attached hydrogens (primary N) is 1. The fourth-order valence-electron chi connectivity index (χ4n) is 2.77. The van der Waals surface area contributed by atoms with Gasteiger partial charge in [-0.25, -0.2) is 8.42 Å². The predicted molar refractivity (Wildman–Crippen MR) is 91.0 cm³/mol. The topological polar surface area (TPSA) is 91.1 Å². The van der Waals surface area contributed by atoms with E-state index < -0.39 is 10.0 Å². The number of benzene rings is 1. The highest BCUT2D eigenvalue weighted by molar-refractivity contribution is 7.89. The lowest BCUT2D eigenvalue weighted by molar-refractivity contribution is 0.0208. The van der Waals surface area contributed by atoms with Crippen molar-refractivity contribution in [3.05, 3.63) is 18.2 Å². The van der Waals surface area contributed by atoms with Crippen molar-refractivity contribution in [3.8, 4) is 11.5 Å². The quantitative estimate of drug-likeness (QED) is 0.703. The highest BCUT2D eigenvalue weighted by Gasteiger charge is 2.34. The lowest BCUT2D eigenvalue weighted by Crippen LogP contribution is -2.41. The average Bonchev–Trinajstić information content (AvgIpc) is 2.61. The molecule has 0 amide bonds. The first kappa shape index (κ1) is 19.0. The van der Waals surface area contributed by atoms with E-state index in [0.29, 0.717) is 39.1 Å². The SMILES string of the molecule is COc1cccc(OC)c1S(=O)(=O)N1CCC(OCCCN)CC1. The molecule has 7 nitrogen and oxygen atoms in total. The Bertz CT molecular complexity index is 605. The van der Waals surface area contributed by atoms with Crippen molar-refractivity contribution in [1.82, 2.24) is 4.31 Å². The maximum absolute atomic E-state index is 13.0. The Kier molecular flexibility index (Phi) is 6.85. The lowest BCUT2D eigenvalue weighted by atomic mass is 10.1. The van der Waals surface area contributed by atoms with E-state index in [4.69, 9.17) is 19.9 Å². The van der Waals surface area contributed by atoms with Gasteiger partial charge >= 0.3 is 0 Å². The zero-order chi connectivity index (χ0) is 17.6. The summed E-state index contributed by atoms with van der Waals surface area (Å²) >= 11 is 0. The summed E-state index contributed by atoms with van der Waals surface area (Å²) in [6.45, 7) is 2.04. The number of ether oxygens (including phenoxy) is 3. The van der Waals surface area contributed by atoms with E-state index in [1.54, 1.807) is 18.2 Å². The molecule has 136 valence electrons. The van der Waals surface area contributed by atoms with Crippen LogP contribution in [0.2, 0.25) is 0 Å². The third kappa shape index (κ3) is 4.18. The highest BCUT2D eigenvalue weighted by atomic mass is 32.2. The summed E-state index contributed by atoms with van der Waals surface area (Å²) in [5.74, 6) is 0.575. The normalized spacial score (nSPS) is 17.0. The molecule has 1 fully saturated rings. The molecule has 1 aromatic carbocycles. The fourth-order valence-corrected chi connectivity index (χ4v) is 4.53. The molecule has 0 radical (unpaired) electrons. The molecule has 8 heteroatoms. The van der Waals surface area contributed by atoms with Crippen molar-refractivity contribution in [3.63, 3.8) is 0 Å². The van der Waals surface area contributed by atoms with Crippen LogP contribution in [-0.2, 0) is 14.8 Å².